The summed E-state index contributed by atoms with van der Waals surface area (Å²) in [5.41, 5.74) is 0. The smallest absolute Gasteiger partial charge is 0.428 e. The van der Waals surface area contributed by atoms with Gasteiger partial charge in [-0.15, -0.1) is 0 Å². The van der Waals surface area contributed by atoms with Gasteiger partial charge in [0.1, 0.15) is 10.5 Å². The lowest BCUT2D eigenvalue weighted by molar-refractivity contribution is 0.123. The van der Waals surface area contributed by atoms with E-state index in [2.05, 4.69) is 13.8 Å². The van der Waals surface area contributed by atoms with Crippen LogP contribution in [0.3, 0.4) is 0 Å². The van der Waals surface area contributed by atoms with E-state index in [1.807, 2.05) is 0 Å². The molecule has 0 amide bonds. The summed E-state index contributed by atoms with van der Waals surface area (Å²) in [5, 5.41) is 0. The first kappa shape index (κ1) is 18.6. The molecule has 0 fully saturated rings. The third kappa shape index (κ3) is 9.50. The van der Waals surface area contributed by atoms with Crippen LogP contribution in [0.1, 0.15) is 33.1 Å². The normalized spacial score (nSPS) is 11.1. The van der Waals surface area contributed by atoms with Gasteiger partial charge in [-0.1, -0.05) is 26.7 Å². The van der Waals surface area contributed by atoms with E-state index < -0.39 is 8.80 Å². The fraction of sp³-hybridized carbons (Fsp3) is 1.00. The van der Waals surface area contributed by atoms with Crippen LogP contribution in [0, 0.1) is 0 Å². The maximum absolute atomic E-state index is 5.17. The standard InChI is InChI=1S/C6H16O3Si.C4H12OSi/c1-5-6-10(7-2,8-3)9-4;1-2-3-4-5-6/h5-6H2,1-4H3;2-4H2,1,6H3. The molecule has 0 saturated carbocycles. The molecule has 0 aliphatic carbocycles. The first-order chi connectivity index (χ1) is 7.66. The topological polar surface area (TPSA) is 36.9 Å². The van der Waals surface area contributed by atoms with E-state index in [9.17, 15) is 0 Å². The van der Waals surface area contributed by atoms with Crippen molar-refractivity contribution in [3.63, 3.8) is 0 Å². The Hall–Kier alpha value is 0.274. The second-order valence-corrected chi connectivity index (χ2v) is 7.06. The van der Waals surface area contributed by atoms with Crippen LogP contribution in [0.4, 0.5) is 0 Å². The lowest BCUT2D eigenvalue weighted by Gasteiger charge is -2.23. The minimum atomic E-state index is -2.22. The summed E-state index contributed by atoms with van der Waals surface area (Å²) < 4.78 is 20.4. The lowest BCUT2D eigenvalue weighted by atomic mass is 10.4. The van der Waals surface area contributed by atoms with Crippen molar-refractivity contribution in [1.82, 2.24) is 0 Å². The van der Waals surface area contributed by atoms with E-state index in [0.717, 1.165) is 29.6 Å². The fourth-order valence-corrected chi connectivity index (χ4v) is 3.16. The molecule has 0 aliphatic heterocycles. The van der Waals surface area contributed by atoms with E-state index in [1.54, 1.807) is 21.3 Å². The van der Waals surface area contributed by atoms with E-state index in [-0.39, 0.29) is 0 Å². The lowest BCUT2D eigenvalue weighted by Crippen LogP contribution is -2.42. The zero-order chi connectivity index (χ0) is 12.9. The maximum Gasteiger partial charge on any atom is 0.500 e. The monoisotopic (exact) mass is 268 g/mol. The van der Waals surface area contributed by atoms with Crippen molar-refractivity contribution in [2.24, 2.45) is 0 Å². The van der Waals surface area contributed by atoms with Crippen molar-refractivity contribution in [1.29, 1.82) is 0 Å². The summed E-state index contributed by atoms with van der Waals surface area (Å²) in [6.07, 6.45) is 3.51. The fourth-order valence-electron chi connectivity index (χ4n) is 1.15. The van der Waals surface area contributed by atoms with Crippen molar-refractivity contribution < 1.29 is 17.7 Å². The Morgan fingerprint density at radius 2 is 1.44 bits per heavy atom. The Morgan fingerprint density at radius 1 is 0.938 bits per heavy atom. The van der Waals surface area contributed by atoms with Crippen LogP contribution in [-0.4, -0.2) is 47.2 Å². The van der Waals surface area contributed by atoms with Crippen molar-refractivity contribution in [2.75, 3.05) is 27.9 Å². The Balaban J connectivity index is 0. The van der Waals surface area contributed by atoms with Crippen molar-refractivity contribution in [3.8, 4) is 0 Å². The quantitative estimate of drug-likeness (QED) is 0.492. The van der Waals surface area contributed by atoms with Gasteiger partial charge in [-0.05, 0) is 6.42 Å². The molecule has 0 aliphatic rings. The van der Waals surface area contributed by atoms with E-state index in [4.69, 9.17) is 17.7 Å². The molecule has 0 aromatic carbocycles. The second kappa shape index (κ2) is 13.3. The second-order valence-electron chi connectivity index (χ2n) is 3.39. The van der Waals surface area contributed by atoms with Crippen LogP contribution < -0.4 is 0 Å². The molecular weight excluding hydrogens is 240 g/mol. The highest BCUT2D eigenvalue weighted by molar-refractivity contribution is 6.60. The molecule has 0 saturated heterocycles. The highest BCUT2D eigenvalue weighted by Gasteiger charge is 2.36. The molecule has 0 bridgehead atoms. The van der Waals surface area contributed by atoms with Gasteiger partial charge in [0.25, 0.3) is 0 Å². The molecule has 100 valence electrons. The molecule has 0 N–H and O–H groups in total. The Kier molecular flexibility index (Phi) is 15.5. The molecule has 0 spiro atoms. The maximum atomic E-state index is 5.17. The molecule has 6 heteroatoms. The minimum Gasteiger partial charge on any atom is -0.428 e. The molecule has 4 nitrogen and oxygen atoms in total. The van der Waals surface area contributed by atoms with Gasteiger partial charge in [0, 0.05) is 34.0 Å². The average Bonchev–Trinajstić information content (AvgIpc) is 2.34. The Labute approximate surface area is 105 Å². The molecule has 16 heavy (non-hydrogen) atoms. The minimum absolute atomic E-state index is 0.885. The Morgan fingerprint density at radius 3 is 1.56 bits per heavy atom. The summed E-state index contributed by atoms with van der Waals surface area (Å²) in [7, 11) is 3.59. The number of rotatable bonds is 8. The summed E-state index contributed by atoms with van der Waals surface area (Å²) in [6, 6.07) is 0.885. The highest BCUT2D eigenvalue weighted by Crippen LogP contribution is 2.13. The van der Waals surface area contributed by atoms with E-state index in [1.165, 1.54) is 12.8 Å². The third-order valence-corrected chi connectivity index (χ3v) is 5.58. The van der Waals surface area contributed by atoms with Gasteiger partial charge in [-0.3, -0.25) is 0 Å². The van der Waals surface area contributed by atoms with Crippen molar-refractivity contribution in [3.05, 3.63) is 0 Å². The molecule has 0 aromatic rings. The largest absolute Gasteiger partial charge is 0.500 e. The summed E-state index contributed by atoms with van der Waals surface area (Å²) in [4.78, 5) is 0. The molecule has 0 unspecified atom stereocenters. The van der Waals surface area contributed by atoms with Crippen LogP contribution in [0.5, 0.6) is 0 Å². The summed E-state index contributed by atoms with van der Waals surface area (Å²) in [6.45, 7) is 5.22. The van der Waals surface area contributed by atoms with Gasteiger partial charge in [-0.25, -0.2) is 0 Å². The highest BCUT2D eigenvalue weighted by atomic mass is 28.4. The molecule has 0 radical (unpaired) electrons. The predicted octanol–water partition coefficient (Wildman–Crippen LogP) is 1.36. The summed E-state index contributed by atoms with van der Waals surface area (Å²) in [5.74, 6) is 0. The molecular formula is C10H28O4Si2. The zero-order valence-electron chi connectivity index (χ0n) is 11.7. The third-order valence-electron chi connectivity index (χ3n) is 2.19. The van der Waals surface area contributed by atoms with Crippen LogP contribution in [0.25, 0.3) is 0 Å². The van der Waals surface area contributed by atoms with Crippen LogP contribution in [0.2, 0.25) is 6.04 Å². The van der Waals surface area contributed by atoms with Crippen molar-refractivity contribution >= 4 is 19.3 Å². The number of hydrogen-bond acceptors (Lipinski definition) is 4. The van der Waals surface area contributed by atoms with Crippen LogP contribution in [0.15, 0.2) is 0 Å². The SMILES string of the molecule is CCCCO[SiH3].CCC[Si](OC)(OC)OC. The van der Waals surface area contributed by atoms with Gasteiger partial charge < -0.3 is 17.7 Å². The zero-order valence-corrected chi connectivity index (χ0v) is 14.7. The van der Waals surface area contributed by atoms with E-state index >= 15 is 0 Å². The van der Waals surface area contributed by atoms with Gasteiger partial charge in [0.05, 0.1) is 0 Å². The molecule has 0 heterocycles. The predicted molar refractivity (Wildman–Crippen MR) is 72.7 cm³/mol. The van der Waals surface area contributed by atoms with Gasteiger partial charge in [-0.2, -0.15) is 0 Å². The van der Waals surface area contributed by atoms with Crippen molar-refractivity contribution in [2.45, 2.75) is 39.2 Å². The van der Waals surface area contributed by atoms with Gasteiger partial charge in [0.2, 0.25) is 0 Å². The molecule has 0 aromatic heterocycles. The average molecular weight is 269 g/mol. The van der Waals surface area contributed by atoms with Crippen LogP contribution >= 0.6 is 0 Å². The van der Waals surface area contributed by atoms with Crippen LogP contribution in [-0.2, 0) is 17.7 Å². The first-order valence-electron chi connectivity index (χ1n) is 5.80. The first-order valence-corrected chi connectivity index (χ1v) is 8.55. The number of hydrogen-bond donors (Lipinski definition) is 0. The number of unbranched alkanes of at least 4 members (excludes halogenated alkanes) is 1. The Bertz CT molecular complexity index is 120. The van der Waals surface area contributed by atoms with E-state index in [0.29, 0.717) is 0 Å². The summed E-state index contributed by atoms with van der Waals surface area (Å²) >= 11 is 0. The van der Waals surface area contributed by atoms with Gasteiger partial charge in [0.15, 0.2) is 0 Å². The molecule has 0 atom stereocenters. The van der Waals surface area contributed by atoms with Gasteiger partial charge >= 0.3 is 8.80 Å². The molecule has 0 rings (SSSR count).